The third-order valence-corrected chi connectivity index (χ3v) is 3.02. The third kappa shape index (κ3) is 3.39. The lowest BCUT2D eigenvalue weighted by Gasteiger charge is -2.07. The molecule has 0 bridgehead atoms. The van der Waals surface area contributed by atoms with Crippen molar-refractivity contribution in [3.8, 4) is 0 Å². The van der Waals surface area contributed by atoms with Crippen LogP contribution in [-0.2, 0) is 11.2 Å². The van der Waals surface area contributed by atoms with Crippen molar-refractivity contribution in [1.82, 2.24) is 10.1 Å². The normalized spacial score (nSPS) is 14.3. The summed E-state index contributed by atoms with van der Waals surface area (Å²) in [6, 6.07) is 9.71. The SMILES string of the molecule is CCC(OC)c1noc([C@H](N)Cc2ccccc2)n1. The van der Waals surface area contributed by atoms with Crippen molar-refractivity contribution in [2.45, 2.75) is 31.9 Å². The van der Waals surface area contributed by atoms with Crippen LogP contribution in [0.15, 0.2) is 34.9 Å². The van der Waals surface area contributed by atoms with Gasteiger partial charge in [0.05, 0.1) is 6.04 Å². The summed E-state index contributed by atoms with van der Waals surface area (Å²) in [5.74, 6) is 1.01. The molecule has 0 radical (unpaired) electrons. The van der Waals surface area contributed by atoms with Gasteiger partial charge in [0, 0.05) is 7.11 Å². The van der Waals surface area contributed by atoms with E-state index >= 15 is 0 Å². The zero-order valence-corrected chi connectivity index (χ0v) is 11.2. The lowest BCUT2D eigenvalue weighted by Crippen LogP contribution is -2.14. The smallest absolute Gasteiger partial charge is 0.243 e. The Morgan fingerprint density at radius 1 is 1.32 bits per heavy atom. The number of ether oxygens (including phenoxy) is 1. The van der Waals surface area contributed by atoms with Crippen molar-refractivity contribution < 1.29 is 9.26 Å². The number of hydrogen-bond donors (Lipinski definition) is 1. The fourth-order valence-electron chi connectivity index (χ4n) is 1.94. The highest BCUT2D eigenvalue weighted by atomic mass is 16.5. The van der Waals surface area contributed by atoms with Gasteiger partial charge in [0.1, 0.15) is 6.10 Å². The van der Waals surface area contributed by atoms with Gasteiger partial charge in [-0.15, -0.1) is 0 Å². The van der Waals surface area contributed by atoms with Crippen LogP contribution in [-0.4, -0.2) is 17.3 Å². The molecule has 1 aromatic heterocycles. The molecule has 2 atom stereocenters. The van der Waals surface area contributed by atoms with E-state index in [0.717, 1.165) is 12.0 Å². The second kappa shape index (κ2) is 6.45. The minimum absolute atomic E-state index is 0.138. The van der Waals surface area contributed by atoms with Gasteiger partial charge in [0.25, 0.3) is 0 Å². The van der Waals surface area contributed by atoms with E-state index in [1.165, 1.54) is 0 Å². The number of rotatable bonds is 6. The molecule has 5 nitrogen and oxygen atoms in total. The molecule has 1 heterocycles. The molecule has 2 aromatic rings. The van der Waals surface area contributed by atoms with E-state index in [-0.39, 0.29) is 12.1 Å². The average Bonchev–Trinajstić information content (AvgIpc) is 2.91. The molecular formula is C14H19N3O2. The van der Waals surface area contributed by atoms with Crippen LogP contribution in [0.25, 0.3) is 0 Å². The standard InChI is InChI=1S/C14H19N3O2/c1-3-12(18-2)13-16-14(19-17-13)11(15)9-10-7-5-4-6-8-10/h4-8,11-12H,3,9,15H2,1-2H3/t11-,12?/m1/s1. The van der Waals surface area contributed by atoms with E-state index in [1.807, 2.05) is 37.3 Å². The van der Waals surface area contributed by atoms with Crippen LogP contribution in [0.4, 0.5) is 0 Å². The van der Waals surface area contributed by atoms with Gasteiger partial charge in [-0.3, -0.25) is 0 Å². The Kier molecular flexibility index (Phi) is 4.65. The minimum atomic E-state index is -0.294. The first-order valence-electron chi connectivity index (χ1n) is 6.40. The summed E-state index contributed by atoms with van der Waals surface area (Å²) < 4.78 is 10.5. The molecule has 1 unspecified atom stereocenters. The fourth-order valence-corrected chi connectivity index (χ4v) is 1.94. The molecule has 102 valence electrons. The summed E-state index contributed by atoms with van der Waals surface area (Å²) in [4.78, 5) is 4.32. The number of methoxy groups -OCH3 is 1. The monoisotopic (exact) mass is 261 g/mol. The molecule has 0 spiro atoms. The zero-order chi connectivity index (χ0) is 13.7. The Balaban J connectivity index is 2.06. The highest BCUT2D eigenvalue weighted by molar-refractivity contribution is 5.16. The Morgan fingerprint density at radius 2 is 2.05 bits per heavy atom. The summed E-state index contributed by atoms with van der Waals surface area (Å²) >= 11 is 0. The van der Waals surface area contributed by atoms with Crippen molar-refractivity contribution in [1.29, 1.82) is 0 Å². The number of nitrogens with two attached hydrogens (primary N) is 1. The van der Waals surface area contributed by atoms with E-state index in [9.17, 15) is 0 Å². The predicted molar refractivity (Wildman–Crippen MR) is 71.4 cm³/mol. The minimum Gasteiger partial charge on any atom is -0.373 e. The van der Waals surface area contributed by atoms with E-state index < -0.39 is 0 Å². The maximum atomic E-state index is 6.09. The molecule has 0 aliphatic carbocycles. The Bertz CT molecular complexity index is 494. The molecule has 19 heavy (non-hydrogen) atoms. The number of benzene rings is 1. The lowest BCUT2D eigenvalue weighted by atomic mass is 10.1. The molecular weight excluding hydrogens is 242 g/mol. The molecule has 1 aromatic carbocycles. The van der Waals surface area contributed by atoms with Gasteiger partial charge in [0.2, 0.25) is 11.7 Å². The molecule has 0 saturated carbocycles. The van der Waals surface area contributed by atoms with Crippen LogP contribution in [0.2, 0.25) is 0 Å². The summed E-state index contributed by atoms with van der Waals surface area (Å²) in [5.41, 5.74) is 7.23. The van der Waals surface area contributed by atoms with Gasteiger partial charge in [-0.2, -0.15) is 4.98 Å². The molecule has 2 N–H and O–H groups in total. The highest BCUT2D eigenvalue weighted by Crippen LogP contribution is 2.20. The van der Waals surface area contributed by atoms with Gasteiger partial charge < -0.3 is 15.0 Å². The summed E-state index contributed by atoms with van der Waals surface area (Å²) in [6.45, 7) is 2.01. The van der Waals surface area contributed by atoms with E-state index in [4.69, 9.17) is 15.0 Å². The van der Waals surface area contributed by atoms with Crippen LogP contribution < -0.4 is 5.73 Å². The van der Waals surface area contributed by atoms with Gasteiger partial charge in [0.15, 0.2) is 0 Å². The molecule has 0 amide bonds. The Labute approximate surface area is 112 Å². The summed E-state index contributed by atoms with van der Waals surface area (Å²) in [6.07, 6.45) is 1.33. The quantitative estimate of drug-likeness (QED) is 0.864. The molecule has 0 saturated heterocycles. The largest absolute Gasteiger partial charge is 0.373 e. The summed E-state index contributed by atoms with van der Waals surface area (Å²) in [5, 5.41) is 3.93. The van der Waals surface area contributed by atoms with Crippen molar-refractivity contribution in [3.63, 3.8) is 0 Å². The summed E-state index contributed by atoms with van der Waals surface area (Å²) in [7, 11) is 1.63. The molecule has 5 heteroatoms. The maximum absolute atomic E-state index is 6.09. The second-order valence-corrected chi connectivity index (χ2v) is 4.42. The maximum Gasteiger partial charge on any atom is 0.243 e. The van der Waals surface area contributed by atoms with Crippen molar-refractivity contribution in [3.05, 3.63) is 47.6 Å². The van der Waals surface area contributed by atoms with E-state index in [1.54, 1.807) is 7.11 Å². The van der Waals surface area contributed by atoms with Crippen LogP contribution in [0.5, 0.6) is 0 Å². The topological polar surface area (TPSA) is 74.2 Å². The molecule has 0 aliphatic rings. The highest BCUT2D eigenvalue weighted by Gasteiger charge is 2.19. The Morgan fingerprint density at radius 3 is 2.68 bits per heavy atom. The zero-order valence-electron chi connectivity index (χ0n) is 11.2. The number of nitrogens with zero attached hydrogens (tertiary/aromatic N) is 2. The Hall–Kier alpha value is -1.72. The van der Waals surface area contributed by atoms with Crippen LogP contribution in [0, 0.1) is 0 Å². The van der Waals surface area contributed by atoms with Crippen LogP contribution in [0.1, 0.15) is 42.8 Å². The van der Waals surface area contributed by atoms with E-state index in [2.05, 4.69) is 10.1 Å². The van der Waals surface area contributed by atoms with Gasteiger partial charge in [-0.25, -0.2) is 0 Å². The van der Waals surface area contributed by atoms with Gasteiger partial charge >= 0.3 is 0 Å². The first-order chi connectivity index (χ1) is 9.24. The van der Waals surface area contributed by atoms with Crippen molar-refractivity contribution in [2.24, 2.45) is 5.73 Å². The van der Waals surface area contributed by atoms with Gasteiger partial charge in [-0.1, -0.05) is 42.4 Å². The van der Waals surface area contributed by atoms with Crippen LogP contribution >= 0.6 is 0 Å². The lowest BCUT2D eigenvalue weighted by molar-refractivity contribution is 0.0903. The van der Waals surface area contributed by atoms with Crippen LogP contribution in [0.3, 0.4) is 0 Å². The van der Waals surface area contributed by atoms with Gasteiger partial charge in [-0.05, 0) is 18.4 Å². The molecule has 0 fully saturated rings. The predicted octanol–water partition coefficient (Wildman–Crippen LogP) is 2.41. The van der Waals surface area contributed by atoms with E-state index in [0.29, 0.717) is 18.1 Å². The first-order valence-corrected chi connectivity index (χ1v) is 6.40. The fraction of sp³-hybridized carbons (Fsp3) is 0.429. The molecule has 0 aliphatic heterocycles. The first kappa shape index (κ1) is 13.7. The average molecular weight is 261 g/mol. The second-order valence-electron chi connectivity index (χ2n) is 4.42. The number of aromatic nitrogens is 2. The number of hydrogen-bond acceptors (Lipinski definition) is 5. The van der Waals surface area contributed by atoms with Crippen molar-refractivity contribution in [2.75, 3.05) is 7.11 Å². The molecule has 2 rings (SSSR count). The third-order valence-electron chi connectivity index (χ3n) is 3.02. The van der Waals surface area contributed by atoms with Crippen molar-refractivity contribution >= 4 is 0 Å².